The molecule has 1 heterocycles. The van der Waals surface area contributed by atoms with Gasteiger partial charge in [0.2, 0.25) is 0 Å². The number of hydrogen-bond donors (Lipinski definition) is 1. The minimum atomic E-state index is 0.281. The molecule has 0 fully saturated rings. The molecule has 1 aromatic carbocycles. The van der Waals surface area contributed by atoms with Crippen molar-refractivity contribution in [2.24, 2.45) is 12.8 Å². The van der Waals surface area contributed by atoms with E-state index in [9.17, 15) is 0 Å². The minimum absolute atomic E-state index is 0.281. The molecule has 0 aliphatic carbocycles. The van der Waals surface area contributed by atoms with Gasteiger partial charge in [0.05, 0.1) is 0 Å². The van der Waals surface area contributed by atoms with Crippen molar-refractivity contribution in [1.82, 2.24) is 4.57 Å². The van der Waals surface area contributed by atoms with Gasteiger partial charge in [-0.3, -0.25) is 0 Å². The molecule has 0 saturated carbocycles. The molecular formula is C13H18N2. The first kappa shape index (κ1) is 10.2. The number of para-hydroxylation sites is 1. The van der Waals surface area contributed by atoms with Gasteiger partial charge in [-0.25, -0.2) is 0 Å². The fraction of sp³-hybridized carbons (Fsp3) is 0.385. The highest BCUT2D eigenvalue weighted by Crippen LogP contribution is 2.19. The van der Waals surface area contributed by atoms with Gasteiger partial charge in [-0.1, -0.05) is 18.2 Å². The molecule has 0 saturated heterocycles. The number of hydrogen-bond acceptors (Lipinski definition) is 1. The van der Waals surface area contributed by atoms with Crippen molar-refractivity contribution in [2.45, 2.75) is 25.8 Å². The molecule has 2 aromatic rings. The molecule has 2 N–H and O–H groups in total. The van der Waals surface area contributed by atoms with Crippen LogP contribution in [-0.4, -0.2) is 10.6 Å². The molecule has 0 bridgehead atoms. The quantitative estimate of drug-likeness (QED) is 0.814. The smallest absolute Gasteiger partial charge is 0.0479 e. The van der Waals surface area contributed by atoms with Gasteiger partial charge in [-0.2, -0.15) is 0 Å². The maximum atomic E-state index is 5.78. The third kappa shape index (κ3) is 2.05. The predicted octanol–water partition coefficient (Wildman–Crippen LogP) is 2.46. The molecule has 0 amide bonds. The van der Waals surface area contributed by atoms with Gasteiger partial charge in [0, 0.05) is 24.3 Å². The molecule has 0 radical (unpaired) electrons. The van der Waals surface area contributed by atoms with E-state index in [1.165, 1.54) is 16.6 Å². The fourth-order valence-electron chi connectivity index (χ4n) is 1.96. The van der Waals surface area contributed by atoms with Gasteiger partial charge >= 0.3 is 0 Å². The van der Waals surface area contributed by atoms with Crippen molar-refractivity contribution in [1.29, 1.82) is 0 Å². The summed E-state index contributed by atoms with van der Waals surface area (Å²) in [5.41, 5.74) is 8.45. The van der Waals surface area contributed by atoms with E-state index in [-0.39, 0.29) is 6.04 Å². The van der Waals surface area contributed by atoms with E-state index in [0.29, 0.717) is 0 Å². The highest BCUT2D eigenvalue weighted by Gasteiger charge is 2.05. The highest BCUT2D eigenvalue weighted by atomic mass is 14.9. The minimum Gasteiger partial charge on any atom is -0.348 e. The summed E-state index contributed by atoms with van der Waals surface area (Å²) in [7, 11) is 2.12. The molecule has 0 aliphatic rings. The molecule has 2 nitrogen and oxygen atoms in total. The maximum Gasteiger partial charge on any atom is 0.0479 e. The van der Waals surface area contributed by atoms with Gasteiger partial charge in [0.1, 0.15) is 0 Å². The third-order valence-electron chi connectivity index (χ3n) is 2.91. The fourth-order valence-corrected chi connectivity index (χ4v) is 1.96. The second-order valence-corrected chi connectivity index (χ2v) is 4.27. The van der Waals surface area contributed by atoms with Crippen LogP contribution < -0.4 is 5.73 Å². The molecule has 2 heteroatoms. The van der Waals surface area contributed by atoms with Crippen LogP contribution in [0.15, 0.2) is 30.3 Å². The largest absolute Gasteiger partial charge is 0.348 e. The summed E-state index contributed by atoms with van der Waals surface area (Å²) >= 11 is 0. The lowest BCUT2D eigenvalue weighted by Gasteiger charge is -2.06. The van der Waals surface area contributed by atoms with Gasteiger partial charge in [-0.15, -0.1) is 0 Å². The summed E-state index contributed by atoms with van der Waals surface area (Å²) in [5, 5.41) is 1.32. The molecule has 1 atom stereocenters. The molecular weight excluding hydrogens is 184 g/mol. The molecule has 1 aromatic heterocycles. The number of aromatic nitrogens is 1. The van der Waals surface area contributed by atoms with Crippen molar-refractivity contribution < 1.29 is 0 Å². The molecule has 15 heavy (non-hydrogen) atoms. The van der Waals surface area contributed by atoms with Gasteiger partial charge in [-0.05, 0) is 37.3 Å². The molecule has 0 unspecified atom stereocenters. The zero-order chi connectivity index (χ0) is 10.8. The summed E-state index contributed by atoms with van der Waals surface area (Å²) in [5.74, 6) is 0. The Balaban J connectivity index is 2.32. The molecule has 0 spiro atoms. The SMILES string of the molecule is C[C@@H](N)CCc1cc2ccccc2n1C. The van der Waals surface area contributed by atoms with E-state index >= 15 is 0 Å². The van der Waals surface area contributed by atoms with Crippen molar-refractivity contribution in [2.75, 3.05) is 0 Å². The lowest BCUT2D eigenvalue weighted by Crippen LogP contribution is -2.16. The van der Waals surface area contributed by atoms with Crippen molar-refractivity contribution in [3.8, 4) is 0 Å². The van der Waals surface area contributed by atoms with Crippen LogP contribution in [0.1, 0.15) is 19.0 Å². The lowest BCUT2D eigenvalue weighted by atomic mass is 10.1. The van der Waals surface area contributed by atoms with E-state index in [1.54, 1.807) is 0 Å². The van der Waals surface area contributed by atoms with Crippen LogP contribution in [0, 0.1) is 0 Å². The Morgan fingerprint density at radius 3 is 2.73 bits per heavy atom. The molecule has 2 rings (SSSR count). The van der Waals surface area contributed by atoms with Crippen LogP contribution in [0.2, 0.25) is 0 Å². The first-order valence-electron chi connectivity index (χ1n) is 5.47. The first-order valence-corrected chi connectivity index (χ1v) is 5.47. The van der Waals surface area contributed by atoms with Crippen LogP contribution in [-0.2, 0) is 13.5 Å². The summed E-state index contributed by atoms with van der Waals surface area (Å²) in [6.45, 7) is 2.06. The Morgan fingerprint density at radius 2 is 2.07 bits per heavy atom. The zero-order valence-corrected chi connectivity index (χ0v) is 9.40. The second-order valence-electron chi connectivity index (χ2n) is 4.27. The average molecular weight is 202 g/mol. The summed E-state index contributed by atoms with van der Waals surface area (Å²) in [4.78, 5) is 0. The van der Waals surface area contributed by atoms with Crippen molar-refractivity contribution >= 4 is 10.9 Å². The van der Waals surface area contributed by atoms with Gasteiger partial charge in [0.15, 0.2) is 0 Å². The Morgan fingerprint density at radius 1 is 1.33 bits per heavy atom. The van der Waals surface area contributed by atoms with Crippen LogP contribution in [0.3, 0.4) is 0 Å². The number of rotatable bonds is 3. The molecule has 0 aliphatic heterocycles. The highest BCUT2D eigenvalue weighted by molar-refractivity contribution is 5.81. The Hall–Kier alpha value is -1.28. The normalized spacial score (nSPS) is 13.3. The Kier molecular flexibility index (Phi) is 2.78. The zero-order valence-electron chi connectivity index (χ0n) is 9.40. The van der Waals surface area contributed by atoms with E-state index in [2.05, 4.69) is 48.9 Å². The molecule has 80 valence electrons. The summed E-state index contributed by atoms with van der Waals surface area (Å²) in [6.07, 6.45) is 2.10. The van der Waals surface area contributed by atoms with Crippen LogP contribution in [0.25, 0.3) is 10.9 Å². The third-order valence-corrected chi connectivity index (χ3v) is 2.91. The van der Waals surface area contributed by atoms with Crippen molar-refractivity contribution in [3.63, 3.8) is 0 Å². The number of aryl methyl sites for hydroxylation is 2. The standard InChI is InChI=1S/C13H18N2/c1-10(14)7-8-12-9-11-5-3-4-6-13(11)15(12)2/h3-6,9-10H,7-8,14H2,1-2H3/t10-/m1/s1. The van der Waals surface area contributed by atoms with E-state index < -0.39 is 0 Å². The van der Waals surface area contributed by atoms with Crippen LogP contribution in [0.4, 0.5) is 0 Å². The second kappa shape index (κ2) is 4.07. The predicted molar refractivity (Wildman–Crippen MR) is 64.9 cm³/mol. The first-order chi connectivity index (χ1) is 7.18. The Labute approximate surface area is 90.7 Å². The summed E-state index contributed by atoms with van der Waals surface area (Å²) < 4.78 is 2.26. The van der Waals surface area contributed by atoms with Gasteiger partial charge < -0.3 is 10.3 Å². The van der Waals surface area contributed by atoms with E-state index in [0.717, 1.165) is 12.8 Å². The van der Waals surface area contributed by atoms with Crippen LogP contribution in [0.5, 0.6) is 0 Å². The maximum absolute atomic E-state index is 5.78. The average Bonchev–Trinajstić information content (AvgIpc) is 2.54. The monoisotopic (exact) mass is 202 g/mol. The number of benzene rings is 1. The van der Waals surface area contributed by atoms with E-state index in [1.807, 2.05) is 0 Å². The number of fused-ring (bicyclic) bond motifs is 1. The Bertz CT molecular complexity index is 455. The van der Waals surface area contributed by atoms with Crippen LogP contribution >= 0.6 is 0 Å². The number of nitrogens with zero attached hydrogens (tertiary/aromatic N) is 1. The van der Waals surface area contributed by atoms with Gasteiger partial charge in [0.25, 0.3) is 0 Å². The topological polar surface area (TPSA) is 30.9 Å². The van der Waals surface area contributed by atoms with Crippen molar-refractivity contribution in [3.05, 3.63) is 36.0 Å². The van der Waals surface area contributed by atoms with E-state index in [4.69, 9.17) is 5.73 Å². The number of nitrogens with two attached hydrogens (primary N) is 1. The summed E-state index contributed by atoms with van der Waals surface area (Å²) in [6, 6.07) is 11.0. The lowest BCUT2D eigenvalue weighted by molar-refractivity contribution is 0.646.